The first-order valence-electron chi connectivity index (χ1n) is 11.0. The minimum absolute atomic E-state index is 0.102. The van der Waals surface area contributed by atoms with Crippen LogP contribution in [0.3, 0.4) is 0 Å². The highest BCUT2D eigenvalue weighted by Crippen LogP contribution is 2.30. The van der Waals surface area contributed by atoms with E-state index in [9.17, 15) is 9.59 Å². The smallest absolute Gasteiger partial charge is 0.278 e. The lowest BCUT2D eigenvalue weighted by Gasteiger charge is -2.32. The predicted octanol–water partition coefficient (Wildman–Crippen LogP) is 4.82. The Hall–Kier alpha value is -3.06. The zero-order chi connectivity index (χ0) is 22.5. The van der Waals surface area contributed by atoms with Crippen LogP contribution >= 0.6 is 11.8 Å². The molecule has 0 radical (unpaired) electrons. The Kier molecular flexibility index (Phi) is 6.95. The molecular formula is C25H28N4O2S. The van der Waals surface area contributed by atoms with Crippen molar-refractivity contribution in [2.45, 2.75) is 30.6 Å². The molecule has 7 heteroatoms. The number of anilines is 1. The molecule has 2 aromatic carbocycles. The van der Waals surface area contributed by atoms with Crippen LogP contribution in [-0.4, -0.2) is 52.8 Å². The van der Waals surface area contributed by atoms with Crippen LogP contribution < -0.4 is 4.90 Å². The molecule has 1 aliphatic rings. The maximum absolute atomic E-state index is 13.1. The van der Waals surface area contributed by atoms with Gasteiger partial charge in [-0.1, -0.05) is 37.3 Å². The van der Waals surface area contributed by atoms with E-state index in [1.807, 2.05) is 65.6 Å². The Bertz CT molecular complexity index is 1070. The number of aromatic amines is 1. The zero-order valence-corrected chi connectivity index (χ0v) is 19.3. The van der Waals surface area contributed by atoms with Gasteiger partial charge in [0.05, 0.1) is 5.56 Å². The SMILES string of the molecule is CCSc1ccccc1C(=O)N1CCC(c2cc(C(=O)N(C)c3ccccc3)n[nH]2)CC1. The van der Waals surface area contributed by atoms with Crippen molar-refractivity contribution < 1.29 is 9.59 Å². The third-order valence-electron chi connectivity index (χ3n) is 5.90. The maximum Gasteiger partial charge on any atom is 0.278 e. The molecule has 1 saturated heterocycles. The van der Waals surface area contributed by atoms with Gasteiger partial charge in [-0.25, -0.2) is 0 Å². The molecule has 0 atom stereocenters. The molecule has 1 fully saturated rings. The van der Waals surface area contributed by atoms with Gasteiger partial charge in [0.25, 0.3) is 11.8 Å². The monoisotopic (exact) mass is 448 g/mol. The highest BCUT2D eigenvalue weighted by atomic mass is 32.2. The minimum Gasteiger partial charge on any atom is -0.339 e. The van der Waals surface area contributed by atoms with Crippen molar-refractivity contribution in [3.63, 3.8) is 0 Å². The molecule has 6 nitrogen and oxygen atoms in total. The molecule has 1 N–H and O–H groups in total. The number of aromatic nitrogens is 2. The van der Waals surface area contributed by atoms with Crippen LogP contribution in [0.2, 0.25) is 0 Å². The van der Waals surface area contributed by atoms with Crippen LogP contribution in [0.1, 0.15) is 52.2 Å². The molecule has 2 amide bonds. The van der Waals surface area contributed by atoms with E-state index in [-0.39, 0.29) is 17.7 Å². The number of hydrogen-bond donors (Lipinski definition) is 1. The molecule has 4 rings (SSSR count). The van der Waals surface area contributed by atoms with Crippen molar-refractivity contribution in [1.29, 1.82) is 0 Å². The molecule has 0 saturated carbocycles. The summed E-state index contributed by atoms with van der Waals surface area (Å²) >= 11 is 1.70. The fourth-order valence-corrected chi connectivity index (χ4v) is 4.88. The van der Waals surface area contributed by atoms with Gasteiger partial charge in [-0.05, 0) is 48.9 Å². The number of likely N-dealkylation sites (tertiary alicyclic amines) is 1. The summed E-state index contributed by atoms with van der Waals surface area (Å²) in [6.07, 6.45) is 1.69. The number of amides is 2. The number of para-hydroxylation sites is 1. The van der Waals surface area contributed by atoms with Crippen LogP contribution in [0.25, 0.3) is 0 Å². The quantitative estimate of drug-likeness (QED) is 0.549. The second-order valence-corrected chi connectivity index (χ2v) is 9.21. The van der Waals surface area contributed by atoms with Crippen LogP contribution in [0.5, 0.6) is 0 Å². The van der Waals surface area contributed by atoms with Crippen LogP contribution in [0.4, 0.5) is 5.69 Å². The molecule has 2 heterocycles. The van der Waals surface area contributed by atoms with Gasteiger partial charge >= 0.3 is 0 Å². The molecule has 1 aliphatic heterocycles. The molecule has 0 aliphatic carbocycles. The van der Waals surface area contributed by atoms with E-state index in [4.69, 9.17) is 0 Å². The number of benzene rings is 2. The number of nitrogens with zero attached hydrogens (tertiary/aromatic N) is 3. The summed E-state index contributed by atoms with van der Waals surface area (Å²) in [5.74, 6) is 1.16. The van der Waals surface area contributed by atoms with Gasteiger partial charge in [0.1, 0.15) is 0 Å². The van der Waals surface area contributed by atoms with Gasteiger partial charge in [0.2, 0.25) is 0 Å². The largest absolute Gasteiger partial charge is 0.339 e. The van der Waals surface area contributed by atoms with Crippen molar-refractivity contribution in [3.05, 3.63) is 77.6 Å². The fourth-order valence-electron chi connectivity index (χ4n) is 4.08. The van der Waals surface area contributed by atoms with Crippen molar-refractivity contribution >= 4 is 29.3 Å². The second-order valence-electron chi connectivity index (χ2n) is 7.90. The number of carbonyl (C=O) groups excluding carboxylic acids is 2. The van der Waals surface area contributed by atoms with E-state index in [1.54, 1.807) is 23.7 Å². The van der Waals surface area contributed by atoms with Gasteiger partial charge in [-0.15, -0.1) is 11.8 Å². The predicted molar refractivity (Wildman–Crippen MR) is 128 cm³/mol. The van der Waals surface area contributed by atoms with Gasteiger partial charge in [0.15, 0.2) is 5.69 Å². The summed E-state index contributed by atoms with van der Waals surface area (Å²) in [4.78, 5) is 30.5. The standard InChI is InChI=1S/C25H28N4O2S/c1-3-32-23-12-8-7-11-20(23)24(30)29-15-13-18(14-16-29)21-17-22(27-26-21)25(31)28(2)19-9-5-4-6-10-19/h4-12,17-18H,3,13-16H2,1-2H3,(H,26,27). The second kappa shape index (κ2) is 10.0. The molecular weight excluding hydrogens is 420 g/mol. The van der Waals surface area contributed by atoms with Gasteiger partial charge < -0.3 is 9.80 Å². The van der Waals surface area contributed by atoms with Crippen LogP contribution in [0.15, 0.2) is 65.6 Å². The van der Waals surface area contributed by atoms with Crippen molar-refractivity contribution in [3.8, 4) is 0 Å². The fraction of sp³-hybridized carbons (Fsp3) is 0.320. The highest BCUT2D eigenvalue weighted by Gasteiger charge is 2.27. The van der Waals surface area contributed by atoms with Gasteiger partial charge in [-0.3, -0.25) is 14.7 Å². The Morgan fingerprint density at radius 1 is 1.09 bits per heavy atom. The molecule has 0 bridgehead atoms. The normalized spacial score (nSPS) is 14.4. The highest BCUT2D eigenvalue weighted by molar-refractivity contribution is 7.99. The third-order valence-corrected chi connectivity index (χ3v) is 6.86. The molecule has 32 heavy (non-hydrogen) atoms. The summed E-state index contributed by atoms with van der Waals surface area (Å²) in [6, 6.07) is 19.2. The third kappa shape index (κ3) is 4.72. The Balaban J connectivity index is 1.39. The Morgan fingerprint density at radius 2 is 1.78 bits per heavy atom. The first-order chi connectivity index (χ1) is 15.6. The molecule has 0 unspecified atom stereocenters. The summed E-state index contributed by atoms with van der Waals surface area (Å²) in [6.45, 7) is 3.49. The number of H-pyrrole nitrogens is 1. The maximum atomic E-state index is 13.1. The zero-order valence-electron chi connectivity index (χ0n) is 18.5. The summed E-state index contributed by atoms with van der Waals surface area (Å²) in [7, 11) is 1.75. The van der Waals surface area contributed by atoms with Crippen LogP contribution in [-0.2, 0) is 0 Å². The number of rotatable bonds is 6. The van der Waals surface area contributed by atoms with Gasteiger partial charge in [0, 0.05) is 42.3 Å². The van der Waals surface area contributed by atoms with E-state index in [2.05, 4.69) is 17.1 Å². The van der Waals surface area contributed by atoms with Crippen molar-refractivity contribution in [1.82, 2.24) is 15.1 Å². The number of carbonyl (C=O) groups is 2. The first kappa shape index (κ1) is 22.1. The first-order valence-corrected chi connectivity index (χ1v) is 12.0. The lowest BCUT2D eigenvalue weighted by Crippen LogP contribution is -2.38. The minimum atomic E-state index is -0.142. The molecule has 0 spiro atoms. The summed E-state index contributed by atoms with van der Waals surface area (Å²) in [5.41, 5.74) is 2.99. The number of hydrogen-bond acceptors (Lipinski definition) is 4. The molecule has 166 valence electrons. The Labute approximate surface area is 193 Å². The van der Waals surface area contributed by atoms with Crippen LogP contribution in [0, 0.1) is 0 Å². The Morgan fingerprint density at radius 3 is 2.50 bits per heavy atom. The van der Waals surface area contributed by atoms with E-state index in [0.717, 1.165) is 40.4 Å². The van der Waals surface area contributed by atoms with E-state index in [0.29, 0.717) is 18.8 Å². The van der Waals surface area contributed by atoms with E-state index in [1.165, 1.54) is 0 Å². The summed E-state index contributed by atoms with van der Waals surface area (Å²) in [5, 5.41) is 7.33. The lowest BCUT2D eigenvalue weighted by atomic mass is 9.93. The van der Waals surface area contributed by atoms with Crippen molar-refractivity contribution in [2.75, 3.05) is 30.8 Å². The molecule has 1 aromatic heterocycles. The van der Waals surface area contributed by atoms with E-state index >= 15 is 0 Å². The number of thioether (sulfide) groups is 1. The number of nitrogens with one attached hydrogen (secondary N) is 1. The summed E-state index contributed by atoms with van der Waals surface area (Å²) < 4.78 is 0. The average Bonchev–Trinajstić information content (AvgIpc) is 3.34. The number of piperidine rings is 1. The lowest BCUT2D eigenvalue weighted by molar-refractivity contribution is 0.0708. The van der Waals surface area contributed by atoms with E-state index < -0.39 is 0 Å². The molecule has 3 aromatic rings. The topological polar surface area (TPSA) is 69.3 Å². The van der Waals surface area contributed by atoms with Gasteiger partial charge in [-0.2, -0.15) is 5.10 Å². The average molecular weight is 449 g/mol. The van der Waals surface area contributed by atoms with Crippen molar-refractivity contribution in [2.24, 2.45) is 0 Å².